The highest BCUT2D eigenvalue weighted by molar-refractivity contribution is 5.97. The number of hydrogen-bond donors (Lipinski definition) is 1. The van der Waals surface area contributed by atoms with Crippen molar-refractivity contribution in [1.82, 2.24) is 10.2 Å². The summed E-state index contributed by atoms with van der Waals surface area (Å²) in [7, 11) is 0. The summed E-state index contributed by atoms with van der Waals surface area (Å²) in [6.07, 6.45) is 3.12. The van der Waals surface area contributed by atoms with E-state index in [0.29, 0.717) is 0 Å². The van der Waals surface area contributed by atoms with Gasteiger partial charge < -0.3 is 10.2 Å². The number of piperazine rings is 1. The van der Waals surface area contributed by atoms with E-state index in [1.54, 1.807) is 13.8 Å². The maximum absolute atomic E-state index is 12.6. The molecule has 1 aliphatic carbocycles. The monoisotopic (exact) mass is 280 g/mol. The minimum Gasteiger partial charge on any atom is -0.341 e. The van der Waals surface area contributed by atoms with Crippen molar-refractivity contribution in [1.29, 1.82) is 0 Å². The number of nitrogens with one attached hydrogen (secondary N) is 1. The van der Waals surface area contributed by atoms with Crippen LogP contribution in [-0.4, -0.2) is 34.8 Å². The second-order valence-electron chi connectivity index (χ2n) is 8.67. The maximum atomic E-state index is 12.6. The summed E-state index contributed by atoms with van der Waals surface area (Å²) < 4.78 is 0. The summed E-state index contributed by atoms with van der Waals surface area (Å²) in [5.41, 5.74) is -0.351. The van der Waals surface area contributed by atoms with Crippen LogP contribution in [0.1, 0.15) is 60.8 Å². The Morgan fingerprint density at radius 3 is 2.00 bits per heavy atom. The summed E-state index contributed by atoms with van der Waals surface area (Å²) in [4.78, 5) is 26.3. The minimum atomic E-state index is -0.777. The fourth-order valence-corrected chi connectivity index (χ4v) is 4.33. The molecule has 4 heteroatoms. The summed E-state index contributed by atoms with van der Waals surface area (Å²) in [6, 6.07) is 0.173. The molecule has 0 aromatic heterocycles. The van der Waals surface area contributed by atoms with Gasteiger partial charge in [0.05, 0.1) is 6.54 Å². The Labute approximate surface area is 122 Å². The van der Waals surface area contributed by atoms with Crippen molar-refractivity contribution >= 4 is 11.8 Å². The second kappa shape index (κ2) is 4.47. The molecule has 4 nitrogen and oxygen atoms in total. The predicted octanol–water partition coefficient (Wildman–Crippen LogP) is 2.33. The smallest absolute Gasteiger partial charge is 0.248 e. The van der Waals surface area contributed by atoms with Gasteiger partial charge in [-0.2, -0.15) is 0 Å². The molecule has 1 N–H and O–H groups in total. The van der Waals surface area contributed by atoms with E-state index in [2.05, 4.69) is 33.0 Å². The van der Waals surface area contributed by atoms with Crippen LogP contribution in [0.5, 0.6) is 0 Å². The van der Waals surface area contributed by atoms with Gasteiger partial charge in [0.25, 0.3) is 0 Å². The van der Waals surface area contributed by atoms with Crippen molar-refractivity contribution < 1.29 is 9.59 Å². The van der Waals surface area contributed by atoms with Crippen LogP contribution in [0, 0.1) is 10.8 Å². The standard InChI is InChI=1S/C16H28N2O2/c1-14(2)7-11(8-15(3,4)10-14)18-9-12(19)17-16(5,6)13(18)20/h11H,7-10H2,1-6H3,(H,17,19). The van der Waals surface area contributed by atoms with Crippen molar-refractivity contribution in [3.8, 4) is 0 Å². The molecule has 114 valence electrons. The van der Waals surface area contributed by atoms with Gasteiger partial charge in [-0.15, -0.1) is 0 Å². The lowest BCUT2D eigenvalue weighted by molar-refractivity contribution is -0.153. The number of carbonyl (C=O) groups is 2. The van der Waals surface area contributed by atoms with Crippen molar-refractivity contribution in [2.24, 2.45) is 10.8 Å². The fraction of sp³-hybridized carbons (Fsp3) is 0.875. The lowest BCUT2D eigenvalue weighted by Gasteiger charge is -2.50. The van der Waals surface area contributed by atoms with Gasteiger partial charge in [0.1, 0.15) is 5.54 Å². The highest BCUT2D eigenvalue weighted by Gasteiger charge is 2.47. The Kier molecular flexibility index (Phi) is 3.43. The molecule has 1 saturated heterocycles. The van der Waals surface area contributed by atoms with Crippen molar-refractivity contribution in [3.05, 3.63) is 0 Å². The van der Waals surface area contributed by atoms with Crippen molar-refractivity contribution in [2.45, 2.75) is 72.4 Å². The molecule has 1 aliphatic heterocycles. The zero-order valence-corrected chi connectivity index (χ0v) is 13.7. The van der Waals surface area contributed by atoms with Crippen LogP contribution < -0.4 is 5.32 Å². The molecular weight excluding hydrogens is 252 g/mol. The molecule has 0 bridgehead atoms. The van der Waals surface area contributed by atoms with E-state index in [1.165, 1.54) is 0 Å². The molecule has 0 aromatic rings. The first-order valence-corrected chi connectivity index (χ1v) is 7.54. The third-order valence-electron chi connectivity index (χ3n) is 4.54. The minimum absolute atomic E-state index is 0.0456. The number of nitrogens with zero attached hydrogens (tertiary/aromatic N) is 1. The molecule has 1 saturated carbocycles. The van der Waals surface area contributed by atoms with Crippen LogP contribution in [-0.2, 0) is 9.59 Å². The van der Waals surface area contributed by atoms with Gasteiger partial charge in [0.15, 0.2) is 0 Å². The van der Waals surface area contributed by atoms with Gasteiger partial charge in [-0.05, 0) is 43.9 Å². The molecule has 0 aromatic carbocycles. The zero-order valence-electron chi connectivity index (χ0n) is 13.7. The SMILES string of the molecule is CC1(C)CC(N2CC(=O)NC(C)(C)C2=O)CC(C)(C)C1. The summed E-state index contributed by atoms with van der Waals surface area (Å²) in [5.74, 6) is 0.00591. The molecule has 20 heavy (non-hydrogen) atoms. The summed E-state index contributed by atoms with van der Waals surface area (Å²) in [5, 5.41) is 2.79. The number of rotatable bonds is 1. The Morgan fingerprint density at radius 2 is 1.50 bits per heavy atom. The molecule has 0 radical (unpaired) electrons. The third kappa shape index (κ3) is 2.99. The molecule has 2 fully saturated rings. The van der Waals surface area contributed by atoms with Crippen LogP contribution in [0.4, 0.5) is 0 Å². The lowest BCUT2D eigenvalue weighted by Crippen LogP contribution is -2.66. The van der Waals surface area contributed by atoms with E-state index in [1.807, 2.05) is 4.90 Å². The highest BCUT2D eigenvalue weighted by Crippen LogP contribution is 2.47. The fourth-order valence-electron chi connectivity index (χ4n) is 4.33. The van der Waals surface area contributed by atoms with Crippen LogP contribution in [0.3, 0.4) is 0 Å². The molecule has 2 rings (SSSR count). The van der Waals surface area contributed by atoms with Gasteiger partial charge in [-0.25, -0.2) is 0 Å². The Hall–Kier alpha value is -1.06. The van der Waals surface area contributed by atoms with Gasteiger partial charge in [0.2, 0.25) is 11.8 Å². The normalized spacial score (nSPS) is 29.2. The van der Waals surface area contributed by atoms with E-state index >= 15 is 0 Å². The average molecular weight is 280 g/mol. The van der Waals surface area contributed by atoms with Gasteiger partial charge in [0, 0.05) is 6.04 Å². The summed E-state index contributed by atoms with van der Waals surface area (Å²) >= 11 is 0. The Balaban J connectivity index is 2.25. The van der Waals surface area contributed by atoms with E-state index in [-0.39, 0.29) is 35.2 Å². The Bertz CT molecular complexity index is 422. The zero-order chi connectivity index (χ0) is 15.3. The lowest BCUT2D eigenvalue weighted by atomic mass is 9.63. The number of amides is 2. The Morgan fingerprint density at radius 1 is 1.00 bits per heavy atom. The molecule has 0 atom stereocenters. The quantitative estimate of drug-likeness (QED) is 0.801. The van der Waals surface area contributed by atoms with Gasteiger partial charge >= 0.3 is 0 Å². The third-order valence-corrected chi connectivity index (χ3v) is 4.54. The molecule has 2 amide bonds. The molecule has 2 aliphatic rings. The molecule has 0 unspecified atom stereocenters. The van der Waals surface area contributed by atoms with Gasteiger partial charge in [-0.1, -0.05) is 27.7 Å². The summed E-state index contributed by atoms with van der Waals surface area (Å²) in [6.45, 7) is 12.8. The number of hydrogen-bond acceptors (Lipinski definition) is 2. The maximum Gasteiger partial charge on any atom is 0.248 e. The largest absolute Gasteiger partial charge is 0.341 e. The number of carbonyl (C=O) groups excluding carboxylic acids is 2. The molecular formula is C16H28N2O2. The van der Waals surface area contributed by atoms with E-state index < -0.39 is 5.54 Å². The average Bonchev–Trinajstić information content (AvgIpc) is 2.18. The first kappa shape index (κ1) is 15.3. The van der Waals surface area contributed by atoms with Crippen LogP contribution in [0.25, 0.3) is 0 Å². The molecule has 0 spiro atoms. The highest BCUT2D eigenvalue weighted by atomic mass is 16.2. The van der Waals surface area contributed by atoms with Crippen molar-refractivity contribution in [2.75, 3.05) is 6.54 Å². The predicted molar refractivity (Wildman–Crippen MR) is 79.1 cm³/mol. The van der Waals surface area contributed by atoms with Crippen molar-refractivity contribution in [3.63, 3.8) is 0 Å². The molecule has 1 heterocycles. The van der Waals surface area contributed by atoms with E-state index in [9.17, 15) is 9.59 Å². The van der Waals surface area contributed by atoms with E-state index in [0.717, 1.165) is 19.3 Å². The van der Waals surface area contributed by atoms with E-state index in [4.69, 9.17) is 0 Å². The van der Waals surface area contributed by atoms with Crippen LogP contribution in [0.2, 0.25) is 0 Å². The first-order chi connectivity index (χ1) is 8.92. The second-order valence-corrected chi connectivity index (χ2v) is 8.67. The van der Waals surface area contributed by atoms with Crippen LogP contribution in [0.15, 0.2) is 0 Å². The topological polar surface area (TPSA) is 49.4 Å². The van der Waals surface area contributed by atoms with Gasteiger partial charge in [-0.3, -0.25) is 9.59 Å². The van der Waals surface area contributed by atoms with Crippen LogP contribution >= 0.6 is 0 Å². The first-order valence-electron chi connectivity index (χ1n) is 7.54.